The average molecular weight is 753 g/mol. The molecule has 52 heavy (non-hydrogen) atoms. The van der Waals surface area contributed by atoms with Crippen LogP contribution in [0.3, 0.4) is 0 Å². The van der Waals surface area contributed by atoms with Crippen molar-refractivity contribution >= 4 is 57.8 Å². The lowest BCUT2D eigenvalue weighted by Gasteiger charge is -2.35. The Morgan fingerprint density at radius 2 is 1.85 bits per heavy atom. The third-order valence-corrected chi connectivity index (χ3v) is 9.92. The van der Waals surface area contributed by atoms with Crippen LogP contribution in [0.4, 0.5) is 20.6 Å². The molecule has 0 spiro atoms. The van der Waals surface area contributed by atoms with Gasteiger partial charge in [0.05, 0.1) is 46.9 Å². The Morgan fingerprint density at radius 1 is 1.10 bits per heavy atom. The maximum atomic E-state index is 15.5. The standard InChI is InChI=1S/C39H44Cl2FN5O5/c1-39(2,3)52-38(50)47(20-26-13-14-33(49)44-26)19-24-12-11-23(17-32(24)51-4)37-35(41)29(15-16-43-37)28-8-6-9-30(34(28)40)45-31-10-5-7-25(36(31)42)18-46-21-27(48)22-46/h5-12,15,17,26-27,43,45,48H,13-14,16,18-22H2,1-4H3,(H,44,49)/t26-/m0/s1. The number of likely N-dealkylation sites (tertiary alicyclic amines) is 1. The second-order valence-electron chi connectivity index (χ2n) is 14.3. The Kier molecular flexibility index (Phi) is 11.4. The summed E-state index contributed by atoms with van der Waals surface area (Å²) in [6.07, 6.45) is 2.17. The lowest BCUT2D eigenvalue weighted by atomic mass is 9.97. The van der Waals surface area contributed by atoms with Crippen molar-refractivity contribution in [3.05, 3.63) is 98.8 Å². The highest BCUT2D eigenvalue weighted by Crippen LogP contribution is 2.41. The highest BCUT2D eigenvalue weighted by atomic mass is 35.5. The number of β-amino-alcohol motifs (C(OH)–C–C–N with tert-alkyl or cyclic N) is 1. The molecule has 0 unspecified atom stereocenters. The van der Waals surface area contributed by atoms with Crippen molar-refractivity contribution in [3.8, 4) is 5.75 Å². The van der Waals surface area contributed by atoms with E-state index < -0.39 is 11.7 Å². The first-order chi connectivity index (χ1) is 24.8. The van der Waals surface area contributed by atoms with Crippen LogP contribution in [0.25, 0.3) is 11.3 Å². The quantitative estimate of drug-likeness (QED) is 0.165. The third kappa shape index (κ3) is 8.66. The van der Waals surface area contributed by atoms with Crippen LogP contribution in [0.5, 0.6) is 5.75 Å². The number of ether oxygens (including phenoxy) is 2. The molecule has 0 saturated carbocycles. The normalized spacial score (nSPS) is 18.0. The fourth-order valence-electron chi connectivity index (χ4n) is 6.55. The van der Waals surface area contributed by atoms with Gasteiger partial charge in [-0.2, -0.15) is 0 Å². The van der Waals surface area contributed by atoms with Gasteiger partial charge in [-0.15, -0.1) is 0 Å². The van der Waals surface area contributed by atoms with Crippen molar-refractivity contribution in [2.75, 3.05) is 38.6 Å². The third-order valence-electron chi connectivity index (χ3n) is 9.12. The van der Waals surface area contributed by atoms with Gasteiger partial charge in [0.25, 0.3) is 0 Å². The molecule has 10 nitrogen and oxygen atoms in total. The van der Waals surface area contributed by atoms with Crippen LogP contribution in [0.15, 0.2) is 65.7 Å². The number of hydrogen-bond acceptors (Lipinski definition) is 8. The predicted molar refractivity (Wildman–Crippen MR) is 202 cm³/mol. The van der Waals surface area contributed by atoms with Crippen LogP contribution in [0.2, 0.25) is 5.02 Å². The van der Waals surface area contributed by atoms with Crippen LogP contribution in [0, 0.1) is 5.82 Å². The number of anilines is 2. The molecule has 0 radical (unpaired) electrons. The number of halogens is 3. The number of aliphatic hydroxyl groups is 1. The van der Waals surface area contributed by atoms with E-state index >= 15 is 4.39 Å². The number of amides is 2. The van der Waals surface area contributed by atoms with E-state index in [2.05, 4.69) is 16.0 Å². The number of methoxy groups -OCH3 is 1. The summed E-state index contributed by atoms with van der Waals surface area (Å²) in [5.41, 5.74) is 4.25. The minimum absolute atomic E-state index is 0.0293. The van der Waals surface area contributed by atoms with Crippen molar-refractivity contribution in [2.24, 2.45) is 0 Å². The van der Waals surface area contributed by atoms with Crippen LogP contribution >= 0.6 is 23.2 Å². The van der Waals surface area contributed by atoms with Crippen molar-refractivity contribution in [2.45, 2.75) is 64.4 Å². The van der Waals surface area contributed by atoms with Crippen molar-refractivity contribution in [3.63, 3.8) is 0 Å². The summed E-state index contributed by atoms with van der Waals surface area (Å²) in [5.74, 6) is 0.150. The molecule has 0 aliphatic carbocycles. The molecule has 1 atom stereocenters. The summed E-state index contributed by atoms with van der Waals surface area (Å²) >= 11 is 14.1. The fourth-order valence-corrected chi connectivity index (χ4v) is 7.18. The molecule has 0 bridgehead atoms. The maximum absolute atomic E-state index is 15.5. The number of carbonyl (C=O) groups excluding carboxylic acids is 2. The van der Waals surface area contributed by atoms with E-state index in [0.29, 0.717) is 95.1 Å². The lowest BCUT2D eigenvalue weighted by Crippen LogP contribution is -2.49. The largest absolute Gasteiger partial charge is 0.496 e. The van der Waals surface area contributed by atoms with E-state index in [1.807, 2.05) is 62.1 Å². The van der Waals surface area contributed by atoms with E-state index in [4.69, 9.17) is 32.7 Å². The summed E-state index contributed by atoms with van der Waals surface area (Å²) in [6, 6.07) is 16.2. The maximum Gasteiger partial charge on any atom is 0.410 e. The average Bonchev–Trinajstić information content (AvgIpc) is 3.50. The Balaban J connectivity index is 1.23. The molecular weight excluding hydrogens is 708 g/mol. The number of dihydropyridines is 1. The minimum atomic E-state index is -0.692. The molecule has 3 aromatic rings. The Labute approximate surface area is 313 Å². The molecule has 3 aliphatic heterocycles. The van der Waals surface area contributed by atoms with Gasteiger partial charge in [0.15, 0.2) is 5.82 Å². The zero-order chi connectivity index (χ0) is 37.2. The highest BCUT2D eigenvalue weighted by Gasteiger charge is 2.30. The SMILES string of the molecule is COc1cc(C2=C(Cl)C(c3cccc(Nc4cccc(CN5CC(O)C5)c4F)c3Cl)=CCN2)ccc1CN(C[C@@H]1CCC(=O)N1)C(=O)OC(C)(C)C. The zero-order valence-electron chi connectivity index (χ0n) is 29.7. The summed E-state index contributed by atoms with van der Waals surface area (Å²) < 4.78 is 27.1. The first-order valence-electron chi connectivity index (χ1n) is 17.3. The molecule has 3 aliphatic rings. The van der Waals surface area contributed by atoms with Crippen molar-refractivity contribution in [1.82, 2.24) is 20.4 Å². The van der Waals surface area contributed by atoms with Crippen molar-refractivity contribution < 1.29 is 28.6 Å². The minimum Gasteiger partial charge on any atom is -0.496 e. The summed E-state index contributed by atoms with van der Waals surface area (Å²) in [5, 5.41) is 19.9. The first kappa shape index (κ1) is 37.5. The van der Waals surface area contributed by atoms with E-state index in [-0.39, 0.29) is 30.4 Å². The second-order valence-corrected chi connectivity index (χ2v) is 15.1. The van der Waals surface area contributed by atoms with Gasteiger partial charge in [-0.1, -0.05) is 65.7 Å². The van der Waals surface area contributed by atoms with Gasteiger partial charge in [0.2, 0.25) is 5.91 Å². The molecule has 6 rings (SSSR count). The number of benzene rings is 3. The second kappa shape index (κ2) is 15.8. The molecule has 3 heterocycles. The van der Waals surface area contributed by atoms with Crippen LogP contribution < -0.4 is 20.7 Å². The number of nitrogens with zero attached hydrogens (tertiary/aromatic N) is 2. The van der Waals surface area contributed by atoms with Gasteiger partial charge in [0.1, 0.15) is 11.4 Å². The molecular formula is C39H44Cl2FN5O5. The summed E-state index contributed by atoms with van der Waals surface area (Å²) in [4.78, 5) is 28.7. The van der Waals surface area contributed by atoms with Gasteiger partial charge in [-0.05, 0) is 45.4 Å². The highest BCUT2D eigenvalue weighted by molar-refractivity contribution is 6.42. The van der Waals surface area contributed by atoms with Gasteiger partial charge in [-0.25, -0.2) is 9.18 Å². The number of rotatable bonds is 11. The fraction of sp³-hybridized carbons (Fsp3) is 0.385. The summed E-state index contributed by atoms with van der Waals surface area (Å²) in [7, 11) is 1.57. The molecule has 0 aromatic heterocycles. The van der Waals surface area contributed by atoms with Gasteiger partial charge in [0, 0.05) is 73.0 Å². The molecule has 13 heteroatoms. The van der Waals surface area contributed by atoms with Crippen LogP contribution in [-0.2, 0) is 22.6 Å². The van der Waals surface area contributed by atoms with Crippen LogP contribution in [-0.4, -0.2) is 77.9 Å². The van der Waals surface area contributed by atoms with E-state index in [9.17, 15) is 14.7 Å². The monoisotopic (exact) mass is 751 g/mol. The van der Waals surface area contributed by atoms with E-state index in [1.165, 1.54) is 0 Å². The van der Waals surface area contributed by atoms with E-state index in [1.54, 1.807) is 36.3 Å². The number of nitrogens with one attached hydrogen (secondary N) is 3. The van der Waals surface area contributed by atoms with Crippen molar-refractivity contribution in [1.29, 1.82) is 0 Å². The molecule has 3 aromatic carbocycles. The Bertz CT molecular complexity index is 1910. The number of aliphatic hydroxyl groups excluding tert-OH is 1. The topological polar surface area (TPSA) is 115 Å². The number of allylic oxidation sites excluding steroid dienone is 2. The molecule has 4 N–H and O–H groups in total. The Hall–Kier alpha value is -4.29. The molecule has 2 fully saturated rings. The molecule has 276 valence electrons. The van der Waals surface area contributed by atoms with Crippen LogP contribution in [0.1, 0.15) is 55.9 Å². The van der Waals surface area contributed by atoms with E-state index in [0.717, 1.165) is 11.1 Å². The smallest absolute Gasteiger partial charge is 0.410 e. The predicted octanol–water partition coefficient (Wildman–Crippen LogP) is 7.02. The number of hydrogen-bond donors (Lipinski definition) is 4. The van der Waals surface area contributed by atoms with Gasteiger partial charge in [-0.3, -0.25) is 9.69 Å². The summed E-state index contributed by atoms with van der Waals surface area (Å²) in [6.45, 7) is 7.88. The molecule has 2 saturated heterocycles. The zero-order valence-corrected chi connectivity index (χ0v) is 31.2. The Morgan fingerprint density at radius 3 is 2.54 bits per heavy atom. The van der Waals surface area contributed by atoms with Gasteiger partial charge >= 0.3 is 6.09 Å². The molecule has 2 amide bonds. The number of carbonyl (C=O) groups is 2. The first-order valence-corrected chi connectivity index (χ1v) is 18.1. The lowest BCUT2D eigenvalue weighted by molar-refractivity contribution is -0.119. The van der Waals surface area contributed by atoms with Gasteiger partial charge < -0.3 is 35.4 Å².